The molecular formula is C25H20N2O3P+. The second-order valence-electron chi connectivity index (χ2n) is 6.99. The number of nitrogens with one attached hydrogen (secondary N) is 1. The summed E-state index contributed by atoms with van der Waals surface area (Å²) in [5.41, 5.74) is 11.0. The summed E-state index contributed by atoms with van der Waals surface area (Å²) in [6.07, 6.45) is 0. The highest BCUT2D eigenvalue weighted by Crippen LogP contribution is 2.28. The number of benzene rings is 4. The van der Waals surface area contributed by atoms with Crippen LogP contribution in [0.5, 0.6) is 0 Å². The van der Waals surface area contributed by atoms with E-state index in [-0.39, 0.29) is 5.91 Å². The van der Waals surface area contributed by atoms with Crippen molar-refractivity contribution in [2.24, 2.45) is 0 Å². The van der Waals surface area contributed by atoms with Gasteiger partial charge in [0.25, 0.3) is 5.91 Å². The molecule has 0 fully saturated rings. The Labute approximate surface area is 181 Å². The van der Waals surface area contributed by atoms with E-state index in [4.69, 9.17) is 5.73 Å². The summed E-state index contributed by atoms with van der Waals surface area (Å²) in [6.45, 7) is 0. The van der Waals surface area contributed by atoms with E-state index in [2.05, 4.69) is 5.32 Å². The molecule has 31 heavy (non-hydrogen) atoms. The van der Waals surface area contributed by atoms with Gasteiger partial charge in [0.2, 0.25) is 5.30 Å². The number of carbonyl (C=O) groups is 1. The van der Waals surface area contributed by atoms with Crippen LogP contribution in [0.4, 0.5) is 11.4 Å². The van der Waals surface area contributed by atoms with Gasteiger partial charge in [-0.2, -0.15) is 4.89 Å². The molecule has 0 saturated heterocycles. The molecule has 0 aliphatic carbocycles. The van der Waals surface area contributed by atoms with Gasteiger partial charge in [0.05, 0.1) is 11.4 Å². The van der Waals surface area contributed by atoms with E-state index in [0.29, 0.717) is 27.8 Å². The van der Waals surface area contributed by atoms with Crippen molar-refractivity contribution < 1.29 is 14.3 Å². The second-order valence-corrected chi connectivity index (χ2v) is 8.02. The van der Waals surface area contributed by atoms with Crippen LogP contribution >= 0.6 is 8.03 Å². The van der Waals surface area contributed by atoms with Crippen molar-refractivity contribution in [3.8, 4) is 22.3 Å². The smallest absolute Gasteiger partial charge is 0.397 e. The Bertz CT molecular complexity index is 1260. The highest BCUT2D eigenvalue weighted by Gasteiger charge is 2.22. The first-order chi connectivity index (χ1) is 15.0. The highest BCUT2D eigenvalue weighted by atomic mass is 31.1. The molecular weight excluding hydrogens is 407 g/mol. The molecule has 1 unspecified atom stereocenters. The van der Waals surface area contributed by atoms with Gasteiger partial charge in [-0.3, -0.25) is 4.79 Å². The third kappa shape index (κ3) is 4.53. The van der Waals surface area contributed by atoms with Crippen molar-refractivity contribution in [1.29, 1.82) is 0 Å². The fraction of sp³-hybridized carbons (Fsp3) is 0. The fourth-order valence-corrected chi connectivity index (χ4v) is 3.98. The molecule has 4 aromatic carbocycles. The standard InChI is InChI=1S/C25H19N2O3P/c26-22-15-14-20(17-6-2-1-3-7-17)16-23(22)27-25(28)19-12-10-18(11-13-19)21-8-4-5-9-24(21)31(29)30/h1-16H,(H3-,26,27,28,29,30)/p+1. The van der Waals surface area contributed by atoms with Crippen molar-refractivity contribution in [2.75, 3.05) is 11.1 Å². The lowest BCUT2D eigenvalue weighted by atomic mass is 10.0. The molecule has 6 heteroatoms. The zero-order valence-corrected chi connectivity index (χ0v) is 17.4. The SMILES string of the molecule is Nc1ccc(-c2ccccc2)cc1NC(=O)c1ccc(-c2ccccc2[P+](=O)O)cc1. The Morgan fingerprint density at radius 3 is 2.13 bits per heavy atom. The van der Waals surface area contributed by atoms with Crippen molar-refractivity contribution in [3.05, 3.63) is 103 Å². The quantitative estimate of drug-likeness (QED) is 0.301. The molecule has 0 radical (unpaired) electrons. The maximum absolute atomic E-state index is 12.8. The zero-order valence-electron chi connectivity index (χ0n) is 16.5. The molecule has 0 spiro atoms. The third-order valence-electron chi connectivity index (χ3n) is 4.98. The molecule has 0 saturated carbocycles. The number of rotatable bonds is 5. The van der Waals surface area contributed by atoms with Gasteiger partial charge < -0.3 is 11.1 Å². The maximum atomic E-state index is 12.8. The van der Waals surface area contributed by atoms with Gasteiger partial charge in [-0.1, -0.05) is 60.7 Å². The van der Waals surface area contributed by atoms with Crippen molar-refractivity contribution in [3.63, 3.8) is 0 Å². The minimum absolute atomic E-state index is 0.287. The lowest BCUT2D eigenvalue weighted by molar-refractivity contribution is 0.102. The van der Waals surface area contributed by atoms with Gasteiger partial charge in [-0.15, -0.1) is 0 Å². The van der Waals surface area contributed by atoms with Crippen molar-refractivity contribution in [2.45, 2.75) is 0 Å². The lowest BCUT2D eigenvalue weighted by Crippen LogP contribution is -2.13. The Balaban J connectivity index is 1.57. The van der Waals surface area contributed by atoms with Crippen LogP contribution in [-0.2, 0) is 4.57 Å². The second kappa shape index (κ2) is 8.92. The summed E-state index contributed by atoms with van der Waals surface area (Å²) in [4.78, 5) is 22.3. The van der Waals surface area contributed by atoms with E-state index in [9.17, 15) is 14.3 Å². The average molecular weight is 427 g/mol. The van der Waals surface area contributed by atoms with E-state index < -0.39 is 8.03 Å². The molecule has 152 valence electrons. The van der Waals surface area contributed by atoms with Gasteiger partial charge in [0.1, 0.15) is 0 Å². The number of nitrogens with two attached hydrogens (primary N) is 1. The van der Waals surface area contributed by atoms with Crippen molar-refractivity contribution >= 4 is 30.6 Å². The number of amides is 1. The molecule has 5 nitrogen and oxygen atoms in total. The number of nitrogen functional groups attached to an aromatic ring is 1. The van der Waals surface area contributed by atoms with E-state index >= 15 is 0 Å². The predicted molar refractivity (Wildman–Crippen MR) is 126 cm³/mol. The van der Waals surface area contributed by atoms with Gasteiger partial charge in [-0.25, -0.2) is 0 Å². The Morgan fingerprint density at radius 2 is 1.42 bits per heavy atom. The summed E-state index contributed by atoms with van der Waals surface area (Å²) >= 11 is 0. The van der Waals surface area contributed by atoms with Gasteiger partial charge in [-0.05, 0) is 57.7 Å². The molecule has 0 aliphatic heterocycles. The summed E-state index contributed by atoms with van der Waals surface area (Å²) < 4.78 is 11.6. The number of carbonyl (C=O) groups excluding carboxylic acids is 1. The molecule has 4 rings (SSSR count). The molecule has 4 aromatic rings. The number of hydrogen-bond donors (Lipinski definition) is 3. The third-order valence-corrected chi connectivity index (χ3v) is 5.78. The zero-order chi connectivity index (χ0) is 21.8. The van der Waals surface area contributed by atoms with E-state index in [1.165, 1.54) is 0 Å². The highest BCUT2D eigenvalue weighted by molar-refractivity contribution is 7.47. The summed E-state index contributed by atoms with van der Waals surface area (Å²) in [5, 5.41) is 3.24. The largest absolute Gasteiger partial charge is 0.546 e. The van der Waals surface area contributed by atoms with Crippen LogP contribution in [0.2, 0.25) is 0 Å². The van der Waals surface area contributed by atoms with Crippen molar-refractivity contribution in [1.82, 2.24) is 0 Å². The molecule has 0 aromatic heterocycles. The Hall–Kier alpha value is -3.79. The van der Waals surface area contributed by atoms with Crippen LogP contribution in [0.3, 0.4) is 0 Å². The minimum Gasteiger partial charge on any atom is -0.397 e. The first-order valence-electron chi connectivity index (χ1n) is 9.65. The van der Waals surface area contributed by atoms with E-state index in [0.717, 1.165) is 16.7 Å². The molecule has 0 bridgehead atoms. The maximum Gasteiger partial charge on any atom is 0.546 e. The van der Waals surface area contributed by atoms with Crippen LogP contribution in [0.1, 0.15) is 10.4 Å². The Kier molecular flexibility index (Phi) is 5.89. The van der Waals surface area contributed by atoms with Gasteiger partial charge in [0, 0.05) is 11.1 Å². The van der Waals surface area contributed by atoms with Crippen LogP contribution in [0.25, 0.3) is 22.3 Å². The number of anilines is 2. The fourth-order valence-electron chi connectivity index (χ4n) is 3.35. The van der Waals surface area contributed by atoms with Crippen LogP contribution in [-0.4, -0.2) is 10.8 Å². The summed E-state index contributed by atoms with van der Waals surface area (Å²) in [6, 6.07) is 29.2. The predicted octanol–water partition coefficient (Wildman–Crippen LogP) is 5.22. The topological polar surface area (TPSA) is 92.4 Å². The van der Waals surface area contributed by atoms with E-state index in [1.807, 2.05) is 42.5 Å². The van der Waals surface area contributed by atoms with Crippen LogP contribution in [0.15, 0.2) is 97.1 Å². The molecule has 1 amide bonds. The van der Waals surface area contributed by atoms with E-state index in [1.54, 1.807) is 54.6 Å². The summed E-state index contributed by atoms with van der Waals surface area (Å²) in [5.74, 6) is -0.287. The summed E-state index contributed by atoms with van der Waals surface area (Å²) in [7, 11) is -2.46. The Morgan fingerprint density at radius 1 is 0.774 bits per heavy atom. The molecule has 4 N–H and O–H groups in total. The van der Waals surface area contributed by atoms with Gasteiger partial charge in [0.15, 0.2) is 0 Å². The molecule has 1 atom stereocenters. The van der Waals surface area contributed by atoms with Crippen LogP contribution in [0, 0.1) is 0 Å². The normalized spacial score (nSPS) is 11.1. The molecule has 0 aliphatic rings. The first kappa shape index (κ1) is 20.5. The number of hydrogen-bond acceptors (Lipinski definition) is 3. The average Bonchev–Trinajstić information content (AvgIpc) is 2.81. The molecule has 0 heterocycles. The monoisotopic (exact) mass is 427 g/mol. The first-order valence-corrected chi connectivity index (χ1v) is 10.9. The van der Waals surface area contributed by atoms with Crippen LogP contribution < -0.4 is 16.4 Å². The lowest BCUT2D eigenvalue weighted by Gasteiger charge is -2.11. The van der Waals surface area contributed by atoms with Gasteiger partial charge >= 0.3 is 8.03 Å². The minimum atomic E-state index is -2.46.